The number of nitrogens with one attached hydrogen (secondary N) is 2. The van der Waals surface area contributed by atoms with Crippen molar-refractivity contribution in [1.29, 1.82) is 0 Å². The highest BCUT2D eigenvalue weighted by Crippen LogP contribution is 2.28. The first kappa shape index (κ1) is 22.4. The van der Waals surface area contributed by atoms with Crippen molar-refractivity contribution in [3.63, 3.8) is 0 Å². The van der Waals surface area contributed by atoms with Crippen LogP contribution in [-0.2, 0) is 14.8 Å². The zero-order chi connectivity index (χ0) is 23.4. The number of nitrogens with zero attached hydrogens (tertiary/aromatic N) is 2. The van der Waals surface area contributed by atoms with Gasteiger partial charge in [-0.3, -0.25) is 4.79 Å². The molecule has 2 N–H and O–H groups in total. The molecule has 0 saturated carbocycles. The summed E-state index contributed by atoms with van der Waals surface area (Å²) >= 11 is 0. The number of hydrazone groups is 1. The number of fused-ring (bicyclic) bond motifs is 1. The van der Waals surface area contributed by atoms with Crippen LogP contribution in [0.1, 0.15) is 11.1 Å². The lowest BCUT2D eigenvalue weighted by Crippen LogP contribution is -2.36. The molecule has 0 spiro atoms. The predicted molar refractivity (Wildman–Crippen MR) is 130 cm³/mol. The molecule has 0 saturated heterocycles. The summed E-state index contributed by atoms with van der Waals surface area (Å²) in [6.07, 6.45) is 1.58. The molecule has 8 heteroatoms. The van der Waals surface area contributed by atoms with Crippen LogP contribution >= 0.6 is 0 Å². The van der Waals surface area contributed by atoms with E-state index in [9.17, 15) is 13.2 Å². The Hall–Kier alpha value is -3.75. The minimum atomic E-state index is -3.77. The van der Waals surface area contributed by atoms with Crippen LogP contribution in [0.5, 0.6) is 0 Å². The molecule has 0 aliphatic rings. The number of aromatic nitrogens is 1. The Kier molecular flexibility index (Phi) is 6.39. The summed E-state index contributed by atoms with van der Waals surface area (Å²) in [7, 11) is -2.41. The molecule has 0 bridgehead atoms. The second-order valence-electron chi connectivity index (χ2n) is 7.69. The Bertz CT molecular complexity index is 1410. The van der Waals surface area contributed by atoms with Gasteiger partial charge in [-0.25, -0.2) is 13.8 Å². The van der Waals surface area contributed by atoms with E-state index in [1.165, 1.54) is 19.2 Å². The molecule has 4 aromatic rings. The normalized spacial score (nSPS) is 12.0. The minimum absolute atomic E-state index is 0.137. The molecular weight excluding hydrogens is 436 g/mol. The van der Waals surface area contributed by atoms with Crippen molar-refractivity contribution < 1.29 is 13.2 Å². The predicted octanol–water partition coefficient (Wildman–Crippen LogP) is 3.91. The van der Waals surface area contributed by atoms with Gasteiger partial charge >= 0.3 is 0 Å². The maximum absolute atomic E-state index is 12.7. The number of aromatic amines is 1. The first-order chi connectivity index (χ1) is 15.9. The maximum atomic E-state index is 12.7. The fraction of sp³-hybridized carbons (Fsp3) is 0.120. The molecule has 7 nitrogen and oxygen atoms in total. The van der Waals surface area contributed by atoms with Crippen molar-refractivity contribution in [2.45, 2.75) is 11.8 Å². The van der Waals surface area contributed by atoms with Crippen LogP contribution in [0.4, 0.5) is 0 Å². The molecule has 168 valence electrons. The van der Waals surface area contributed by atoms with Crippen molar-refractivity contribution in [1.82, 2.24) is 14.7 Å². The van der Waals surface area contributed by atoms with Gasteiger partial charge < -0.3 is 4.98 Å². The third-order valence-electron chi connectivity index (χ3n) is 5.29. The van der Waals surface area contributed by atoms with Gasteiger partial charge in [0.1, 0.15) is 0 Å². The lowest BCUT2D eigenvalue weighted by molar-refractivity contribution is -0.121. The number of sulfonamides is 1. The summed E-state index contributed by atoms with van der Waals surface area (Å²) in [5.41, 5.74) is 7.05. The zero-order valence-electron chi connectivity index (χ0n) is 18.3. The number of likely N-dealkylation sites (N-methyl/N-ethyl adjacent to an activating group) is 1. The summed E-state index contributed by atoms with van der Waals surface area (Å²) in [5, 5.41) is 5.07. The van der Waals surface area contributed by atoms with E-state index < -0.39 is 15.9 Å². The summed E-state index contributed by atoms with van der Waals surface area (Å²) in [5.74, 6) is -0.537. The molecular formula is C25H24N4O3S. The van der Waals surface area contributed by atoms with Gasteiger partial charge in [0, 0.05) is 23.5 Å². The van der Waals surface area contributed by atoms with Crippen molar-refractivity contribution in [2.24, 2.45) is 5.10 Å². The topological polar surface area (TPSA) is 94.6 Å². The summed E-state index contributed by atoms with van der Waals surface area (Å²) < 4.78 is 26.4. The van der Waals surface area contributed by atoms with Crippen molar-refractivity contribution >= 4 is 33.0 Å². The highest BCUT2D eigenvalue weighted by molar-refractivity contribution is 7.89. The highest BCUT2D eigenvalue weighted by atomic mass is 32.2. The van der Waals surface area contributed by atoms with Crippen LogP contribution in [0.15, 0.2) is 88.9 Å². The molecule has 0 unspecified atom stereocenters. The fourth-order valence-corrected chi connectivity index (χ4v) is 4.64. The van der Waals surface area contributed by atoms with Crippen LogP contribution < -0.4 is 5.43 Å². The zero-order valence-corrected chi connectivity index (χ0v) is 19.1. The molecule has 1 aromatic heterocycles. The van der Waals surface area contributed by atoms with E-state index in [2.05, 4.69) is 15.5 Å². The molecule has 0 aliphatic heterocycles. The quantitative estimate of drug-likeness (QED) is 0.323. The molecule has 0 radical (unpaired) electrons. The monoisotopic (exact) mass is 460 g/mol. The summed E-state index contributed by atoms with van der Waals surface area (Å²) in [6, 6.07) is 24.2. The van der Waals surface area contributed by atoms with E-state index in [0.717, 1.165) is 37.6 Å². The minimum Gasteiger partial charge on any atom is -0.354 e. The number of rotatable bonds is 7. The number of carbonyl (C=O) groups excluding carboxylic acids is 1. The molecule has 1 amide bonds. The van der Waals surface area contributed by atoms with Gasteiger partial charge in [0.2, 0.25) is 10.0 Å². The number of H-pyrrole nitrogens is 1. The van der Waals surface area contributed by atoms with E-state index in [1.54, 1.807) is 18.3 Å². The Morgan fingerprint density at radius 3 is 2.39 bits per heavy atom. The van der Waals surface area contributed by atoms with E-state index in [4.69, 9.17) is 0 Å². The molecule has 0 fully saturated rings. The highest BCUT2D eigenvalue weighted by Gasteiger charge is 2.22. The molecule has 33 heavy (non-hydrogen) atoms. The van der Waals surface area contributed by atoms with Gasteiger partial charge in [0.25, 0.3) is 5.91 Å². The van der Waals surface area contributed by atoms with E-state index in [0.29, 0.717) is 0 Å². The maximum Gasteiger partial charge on any atom is 0.255 e. The van der Waals surface area contributed by atoms with Crippen LogP contribution in [-0.4, -0.2) is 43.4 Å². The van der Waals surface area contributed by atoms with Crippen molar-refractivity contribution in [3.05, 3.63) is 90.0 Å². The fourth-order valence-electron chi connectivity index (χ4n) is 3.51. The number of aryl methyl sites for hydroxylation is 1. The van der Waals surface area contributed by atoms with Crippen molar-refractivity contribution in [2.75, 3.05) is 13.6 Å². The number of carbonyl (C=O) groups is 1. The number of amides is 1. The second kappa shape index (κ2) is 9.40. The van der Waals surface area contributed by atoms with Crippen LogP contribution in [0, 0.1) is 6.92 Å². The van der Waals surface area contributed by atoms with Gasteiger partial charge in [-0.15, -0.1) is 0 Å². The Morgan fingerprint density at radius 2 is 1.67 bits per heavy atom. The van der Waals surface area contributed by atoms with Gasteiger partial charge in [0.15, 0.2) is 0 Å². The van der Waals surface area contributed by atoms with Crippen molar-refractivity contribution in [3.8, 4) is 11.3 Å². The largest absolute Gasteiger partial charge is 0.354 e. The Morgan fingerprint density at radius 1 is 1.00 bits per heavy atom. The molecule has 1 heterocycles. The third-order valence-corrected chi connectivity index (χ3v) is 7.10. The number of para-hydroxylation sites is 1. The van der Waals surface area contributed by atoms with Gasteiger partial charge in [-0.05, 0) is 30.7 Å². The smallest absolute Gasteiger partial charge is 0.255 e. The van der Waals surface area contributed by atoms with Crippen LogP contribution in [0.3, 0.4) is 0 Å². The van der Waals surface area contributed by atoms with E-state index >= 15 is 0 Å². The Balaban J connectivity index is 1.50. The Labute approximate surface area is 192 Å². The first-order valence-electron chi connectivity index (χ1n) is 10.4. The molecule has 3 aromatic carbocycles. The SMILES string of the molecule is Cc1ccc(S(=O)(=O)N(C)CC(=O)N/N=C/c2c(-c3ccccc3)[nH]c3ccccc23)cc1. The summed E-state index contributed by atoms with van der Waals surface area (Å²) in [4.78, 5) is 15.9. The second-order valence-corrected chi connectivity index (χ2v) is 9.74. The lowest BCUT2D eigenvalue weighted by Gasteiger charge is -2.16. The molecule has 0 aliphatic carbocycles. The van der Waals surface area contributed by atoms with Gasteiger partial charge in [-0.1, -0.05) is 66.2 Å². The third kappa shape index (κ3) is 4.87. The molecule has 4 rings (SSSR count). The van der Waals surface area contributed by atoms with E-state index in [-0.39, 0.29) is 11.4 Å². The van der Waals surface area contributed by atoms with E-state index in [1.807, 2.05) is 61.5 Å². The average Bonchev–Trinajstić information content (AvgIpc) is 3.18. The number of hydrogen-bond donors (Lipinski definition) is 2. The lowest BCUT2D eigenvalue weighted by atomic mass is 10.1. The molecule has 0 atom stereocenters. The van der Waals surface area contributed by atoms with Crippen LogP contribution in [0.2, 0.25) is 0 Å². The summed E-state index contributed by atoms with van der Waals surface area (Å²) in [6.45, 7) is 1.52. The standard InChI is InChI=1S/C25H24N4O3S/c1-18-12-14-20(15-13-18)33(31,32)29(2)17-24(30)28-26-16-22-21-10-6-7-11-23(21)27-25(22)19-8-4-3-5-9-19/h3-16,27H,17H2,1-2H3,(H,28,30)/b26-16+. The first-order valence-corrected chi connectivity index (χ1v) is 11.8. The average molecular weight is 461 g/mol. The van der Waals surface area contributed by atoms with Crippen LogP contribution in [0.25, 0.3) is 22.2 Å². The van der Waals surface area contributed by atoms with Gasteiger partial charge in [0.05, 0.1) is 23.3 Å². The number of hydrogen-bond acceptors (Lipinski definition) is 4. The van der Waals surface area contributed by atoms with Gasteiger partial charge in [-0.2, -0.15) is 9.41 Å². The number of benzene rings is 3.